The van der Waals surface area contributed by atoms with Gasteiger partial charge in [-0.3, -0.25) is 4.98 Å². The van der Waals surface area contributed by atoms with E-state index in [2.05, 4.69) is 32.2 Å². The van der Waals surface area contributed by atoms with Gasteiger partial charge in [0.2, 0.25) is 0 Å². The summed E-state index contributed by atoms with van der Waals surface area (Å²) in [6.45, 7) is 6.18. The molecule has 0 aromatic carbocycles. The maximum atomic E-state index is 4.41. The van der Waals surface area contributed by atoms with Crippen molar-refractivity contribution in [2.45, 2.75) is 26.8 Å². The van der Waals surface area contributed by atoms with Crippen molar-refractivity contribution < 1.29 is 0 Å². The third-order valence-corrected chi connectivity index (χ3v) is 2.57. The highest BCUT2D eigenvalue weighted by atomic mass is 31.0. The first-order chi connectivity index (χ1) is 6.75. The van der Waals surface area contributed by atoms with Crippen LogP contribution in [0.1, 0.15) is 25.1 Å². The van der Waals surface area contributed by atoms with Gasteiger partial charge in [0.05, 0.1) is 0 Å². The average Bonchev–Trinajstić information content (AvgIpc) is 2.20. The normalized spacial score (nSPS) is 15.4. The highest BCUT2D eigenvalue weighted by Gasteiger charge is 2.13. The number of pyridine rings is 1. The second-order valence-electron chi connectivity index (χ2n) is 3.36. The Hall–Kier alpha value is -0.460. The van der Waals surface area contributed by atoms with Crippen LogP contribution in [0.4, 0.5) is 0 Å². The minimum absolute atomic E-state index is 1.05. The Morgan fingerprint density at radius 2 is 2.14 bits per heavy atom. The summed E-state index contributed by atoms with van der Waals surface area (Å²) < 4.78 is 0. The Bertz CT molecular complexity index is 299. The Morgan fingerprint density at radius 3 is 2.86 bits per heavy atom. The highest BCUT2D eigenvalue weighted by molar-refractivity contribution is 7.27. The zero-order chi connectivity index (χ0) is 10.6. The van der Waals surface area contributed by atoms with Crippen molar-refractivity contribution in [2.75, 3.05) is 13.6 Å². The molecule has 0 bridgehead atoms. The van der Waals surface area contributed by atoms with Crippen molar-refractivity contribution in [1.82, 2.24) is 9.88 Å². The summed E-state index contributed by atoms with van der Waals surface area (Å²) >= 11 is 0. The zero-order valence-corrected chi connectivity index (χ0v) is 10.4. The number of nitrogens with zero attached hydrogens (tertiary/aromatic N) is 2. The number of fused-ring (bicyclic) bond motifs is 1. The van der Waals surface area contributed by atoms with Crippen LogP contribution in [0.15, 0.2) is 12.3 Å². The van der Waals surface area contributed by atoms with Crippen molar-refractivity contribution in [3.63, 3.8) is 0 Å². The molecule has 14 heavy (non-hydrogen) atoms. The topological polar surface area (TPSA) is 16.1 Å². The molecule has 1 aromatic rings. The average molecular weight is 210 g/mol. The van der Waals surface area contributed by atoms with Crippen molar-refractivity contribution in [3.05, 3.63) is 23.5 Å². The van der Waals surface area contributed by atoms with Crippen LogP contribution in [0.3, 0.4) is 0 Å². The van der Waals surface area contributed by atoms with E-state index >= 15 is 0 Å². The molecule has 1 aromatic heterocycles. The molecule has 0 spiro atoms. The summed E-state index contributed by atoms with van der Waals surface area (Å²) in [7, 11) is 4.84. The fourth-order valence-corrected chi connectivity index (χ4v) is 1.86. The summed E-state index contributed by atoms with van der Waals surface area (Å²) in [4.78, 5) is 6.73. The minimum Gasteiger partial charge on any atom is -0.302 e. The third-order valence-electron chi connectivity index (χ3n) is 2.25. The summed E-state index contributed by atoms with van der Waals surface area (Å²) in [6, 6.07) is 2.21. The second-order valence-corrected chi connectivity index (χ2v) is 4.03. The van der Waals surface area contributed by atoms with E-state index in [0.717, 1.165) is 19.5 Å². The van der Waals surface area contributed by atoms with E-state index in [1.165, 1.54) is 16.6 Å². The van der Waals surface area contributed by atoms with Crippen LogP contribution in [0.25, 0.3) is 0 Å². The second kappa shape index (κ2) is 5.43. The third kappa shape index (κ3) is 2.76. The zero-order valence-electron chi connectivity index (χ0n) is 9.25. The smallest absolute Gasteiger partial charge is 0.0461 e. The van der Waals surface area contributed by atoms with Gasteiger partial charge in [-0.05, 0) is 24.0 Å². The van der Waals surface area contributed by atoms with Crippen LogP contribution in [0, 0.1) is 0 Å². The number of rotatable bonds is 0. The molecule has 0 saturated heterocycles. The van der Waals surface area contributed by atoms with Crippen LogP contribution < -0.4 is 5.30 Å². The molecule has 0 radical (unpaired) electrons. The van der Waals surface area contributed by atoms with Gasteiger partial charge in [0.1, 0.15) is 0 Å². The molecule has 0 N–H and O–H groups in total. The Balaban J connectivity index is 0.000000461. The maximum Gasteiger partial charge on any atom is 0.0461 e. The van der Waals surface area contributed by atoms with E-state index < -0.39 is 0 Å². The number of hydrogen-bond donors (Lipinski definition) is 0. The molecule has 2 heterocycles. The van der Waals surface area contributed by atoms with E-state index in [4.69, 9.17) is 0 Å². The first-order valence-electron chi connectivity index (χ1n) is 5.17. The lowest BCUT2D eigenvalue weighted by molar-refractivity contribution is 0.310. The lowest BCUT2D eigenvalue weighted by Gasteiger charge is -2.24. The lowest BCUT2D eigenvalue weighted by atomic mass is 10.1. The van der Waals surface area contributed by atoms with Gasteiger partial charge in [-0.15, -0.1) is 9.24 Å². The first kappa shape index (κ1) is 11.6. The van der Waals surface area contributed by atoms with E-state index in [0.29, 0.717) is 0 Å². The first-order valence-corrected chi connectivity index (χ1v) is 5.75. The molecule has 1 atom stereocenters. The molecule has 0 amide bonds. The summed E-state index contributed by atoms with van der Waals surface area (Å²) in [5, 5.41) is 1.18. The van der Waals surface area contributed by atoms with Gasteiger partial charge in [-0.25, -0.2) is 0 Å². The molecule has 0 fully saturated rings. The van der Waals surface area contributed by atoms with Gasteiger partial charge < -0.3 is 4.90 Å². The van der Waals surface area contributed by atoms with Crippen LogP contribution in [0.2, 0.25) is 0 Å². The van der Waals surface area contributed by atoms with Crippen LogP contribution in [-0.2, 0) is 13.0 Å². The fourth-order valence-electron chi connectivity index (χ4n) is 1.59. The highest BCUT2D eigenvalue weighted by Crippen LogP contribution is 2.14. The van der Waals surface area contributed by atoms with Crippen LogP contribution in [-0.4, -0.2) is 23.5 Å². The molecule has 3 heteroatoms. The molecule has 78 valence electrons. The monoisotopic (exact) mass is 210 g/mol. The maximum absolute atomic E-state index is 4.41. The van der Waals surface area contributed by atoms with Crippen molar-refractivity contribution in [1.29, 1.82) is 0 Å². The molecular weight excluding hydrogens is 191 g/mol. The fraction of sp³-hybridized carbons (Fsp3) is 0.545. The number of aromatic nitrogens is 1. The van der Waals surface area contributed by atoms with Gasteiger partial charge >= 0.3 is 0 Å². The minimum atomic E-state index is 1.05. The Morgan fingerprint density at radius 1 is 1.43 bits per heavy atom. The predicted octanol–water partition coefficient (Wildman–Crippen LogP) is 1.60. The summed E-state index contributed by atoms with van der Waals surface area (Å²) in [5.41, 5.74) is 2.66. The molecule has 1 aliphatic rings. The van der Waals surface area contributed by atoms with Gasteiger partial charge in [-0.1, -0.05) is 13.8 Å². The lowest BCUT2D eigenvalue weighted by Crippen LogP contribution is -2.27. The largest absolute Gasteiger partial charge is 0.302 e. The van der Waals surface area contributed by atoms with Gasteiger partial charge in [0, 0.05) is 31.4 Å². The van der Waals surface area contributed by atoms with E-state index in [1.807, 2.05) is 20.0 Å². The van der Waals surface area contributed by atoms with E-state index in [9.17, 15) is 0 Å². The van der Waals surface area contributed by atoms with Crippen molar-refractivity contribution in [2.24, 2.45) is 0 Å². The van der Waals surface area contributed by atoms with Crippen molar-refractivity contribution in [3.8, 4) is 0 Å². The Labute approximate surface area is 88.9 Å². The molecule has 1 unspecified atom stereocenters. The van der Waals surface area contributed by atoms with Gasteiger partial charge in [0.25, 0.3) is 0 Å². The Kier molecular flexibility index (Phi) is 4.50. The van der Waals surface area contributed by atoms with E-state index in [-0.39, 0.29) is 0 Å². The summed E-state index contributed by atoms with van der Waals surface area (Å²) in [5.74, 6) is 0. The summed E-state index contributed by atoms with van der Waals surface area (Å²) in [6.07, 6.45) is 3.02. The van der Waals surface area contributed by atoms with Gasteiger partial charge in [0.15, 0.2) is 0 Å². The molecule has 0 aliphatic carbocycles. The number of hydrogen-bond acceptors (Lipinski definition) is 2. The molecular formula is C11H19N2P. The van der Waals surface area contributed by atoms with Gasteiger partial charge in [-0.2, -0.15) is 0 Å². The predicted molar refractivity (Wildman–Crippen MR) is 65.0 cm³/mol. The van der Waals surface area contributed by atoms with Crippen molar-refractivity contribution >= 4 is 14.5 Å². The van der Waals surface area contributed by atoms with Crippen LogP contribution >= 0.6 is 9.24 Å². The van der Waals surface area contributed by atoms with Crippen LogP contribution in [0.5, 0.6) is 0 Å². The number of likely N-dealkylation sites (N-methyl/N-ethyl adjacent to an activating group) is 1. The quantitative estimate of drug-likeness (QED) is 0.605. The molecule has 0 saturated carbocycles. The standard InChI is InChI=1S/C9H13N2P.C2H6/c1-11-3-2-9-7(6-11)4-8(12)5-10-9;1-2/h4-5H,2-3,6,12H2,1H3;1-2H3. The molecule has 1 aliphatic heterocycles. The van der Waals surface area contributed by atoms with E-state index in [1.54, 1.807) is 0 Å². The molecule has 2 rings (SSSR count). The molecule has 2 nitrogen and oxygen atoms in total. The SMILES string of the molecule is CC.CN1CCc2ncc(P)cc2C1.